The number of nitrogens with one attached hydrogen (secondary N) is 1. The van der Waals surface area contributed by atoms with Crippen molar-refractivity contribution >= 4 is 16.7 Å². The van der Waals surface area contributed by atoms with Gasteiger partial charge in [-0.25, -0.2) is 4.98 Å². The third kappa shape index (κ3) is 1.69. The average molecular weight is 216 g/mol. The number of pyridine rings is 1. The van der Waals surface area contributed by atoms with E-state index >= 15 is 0 Å². The van der Waals surface area contributed by atoms with E-state index in [4.69, 9.17) is 4.74 Å². The predicted octanol–water partition coefficient (Wildman–Crippen LogP) is 2.90. The molecule has 0 atom stereocenters. The van der Waals surface area contributed by atoms with E-state index in [-0.39, 0.29) is 0 Å². The van der Waals surface area contributed by atoms with Crippen LogP contribution in [0.25, 0.3) is 10.9 Å². The molecule has 3 heteroatoms. The predicted molar refractivity (Wildman–Crippen MR) is 67.3 cm³/mol. The van der Waals surface area contributed by atoms with Crippen LogP contribution in [0.2, 0.25) is 0 Å². The molecule has 0 bridgehead atoms. The zero-order valence-corrected chi connectivity index (χ0v) is 10.1. The molecule has 0 saturated heterocycles. The smallest absolute Gasteiger partial charge is 0.145 e. The highest BCUT2D eigenvalue weighted by molar-refractivity contribution is 5.89. The summed E-state index contributed by atoms with van der Waals surface area (Å²) in [5, 5.41) is 4.21. The molecule has 2 aromatic rings. The zero-order valence-electron chi connectivity index (χ0n) is 10.1. The number of ether oxygens (including phenoxy) is 1. The zero-order chi connectivity index (χ0) is 11.7. The first kappa shape index (κ1) is 10.7. The Hall–Kier alpha value is -1.77. The quantitative estimate of drug-likeness (QED) is 0.838. The summed E-state index contributed by atoms with van der Waals surface area (Å²) in [4.78, 5) is 4.53. The van der Waals surface area contributed by atoms with Gasteiger partial charge in [0.25, 0.3) is 0 Å². The van der Waals surface area contributed by atoms with E-state index in [0.717, 1.165) is 22.5 Å². The molecule has 1 heterocycles. The Labute approximate surface area is 95.5 Å². The van der Waals surface area contributed by atoms with E-state index in [1.807, 2.05) is 19.2 Å². The molecule has 0 amide bonds. The van der Waals surface area contributed by atoms with E-state index in [9.17, 15) is 0 Å². The first-order chi connectivity index (χ1) is 7.65. The number of benzene rings is 1. The van der Waals surface area contributed by atoms with Crippen LogP contribution in [0.1, 0.15) is 11.1 Å². The van der Waals surface area contributed by atoms with Gasteiger partial charge in [0, 0.05) is 12.4 Å². The highest BCUT2D eigenvalue weighted by Crippen LogP contribution is 2.29. The van der Waals surface area contributed by atoms with E-state index < -0.39 is 0 Å². The molecule has 84 valence electrons. The van der Waals surface area contributed by atoms with E-state index in [0.29, 0.717) is 0 Å². The van der Waals surface area contributed by atoms with E-state index in [1.165, 1.54) is 11.1 Å². The second-order valence-electron chi connectivity index (χ2n) is 3.94. The first-order valence-electron chi connectivity index (χ1n) is 5.29. The van der Waals surface area contributed by atoms with Gasteiger partial charge in [-0.3, -0.25) is 0 Å². The summed E-state index contributed by atoms with van der Waals surface area (Å²) in [5.74, 6) is 1.70. The van der Waals surface area contributed by atoms with Crippen LogP contribution in [0.4, 0.5) is 5.82 Å². The standard InChI is InChI=1S/C13H16N2O/c1-8-5-10-9(2)7-12(14-3)15-13(10)11(6-8)16-4/h5-7H,1-4H3,(H,14,15). The van der Waals surface area contributed by atoms with Gasteiger partial charge in [0.15, 0.2) is 0 Å². The van der Waals surface area contributed by atoms with Crippen LogP contribution < -0.4 is 10.1 Å². The number of anilines is 1. The van der Waals surface area contributed by atoms with Crippen molar-refractivity contribution in [2.24, 2.45) is 0 Å². The van der Waals surface area contributed by atoms with Gasteiger partial charge in [-0.15, -0.1) is 0 Å². The van der Waals surface area contributed by atoms with Gasteiger partial charge >= 0.3 is 0 Å². The first-order valence-corrected chi connectivity index (χ1v) is 5.29. The minimum absolute atomic E-state index is 0.829. The summed E-state index contributed by atoms with van der Waals surface area (Å²) >= 11 is 0. The lowest BCUT2D eigenvalue weighted by molar-refractivity contribution is 0.418. The molecule has 0 aliphatic carbocycles. The number of nitrogens with zero attached hydrogens (tertiary/aromatic N) is 1. The van der Waals surface area contributed by atoms with E-state index in [2.05, 4.69) is 30.2 Å². The summed E-state index contributed by atoms with van der Waals surface area (Å²) in [7, 11) is 3.55. The van der Waals surface area contributed by atoms with E-state index in [1.54, 1.807) is 7.11 Å². The summed E-state index contributed by atoms with van der Waals surface area (Å²) in [6.07, 6.45) is 0. The fraction of sp³-hybridized carbons (Fsp3) is 0.308. The number of aromatic nitrogens is 1. The molecular weight excluding hydrogens is 200 g/mol. The third-order valence-corrected chi connectivity index (χ3v) is 2.71. The van der Waals surface area contributed by atoms with Crippen LogP contribution in [0.15, 0.2) is 18.2 Å². The topological polar surface area (TPSA) is 34.1 Å². The van der Waals surface area contributed by atoms with Gasteiger partial charge in [-0.2, -0.15) is 0 Å². The Morgan fingerprint density at radius 1 is 1.19 bits per heavy atom. The van der Waals surface area contributed by atoms with Gasteiger partial charge < -0.3 is 10.1 Å². The van der Waals surface area contributed by atoms with Gasteiger partial charge in [0.1, 0.15) is 17.1 Å². The molecule has 1 aromatic carbocycles. The maximum Gasteiger partial charge on any atom is 0.145 e. The fourth-order valence-corrected chi connectivity index (χ4v) is 1.88. The molecule has 2 rings (SSSR count). The van der Waals surface area contributed by atoms with Crippen LogP contribution >= 0.6 is 0 Å². The monoisotopic (exact) mass is 216 g/mol. The highest BCUT2D eigenvalue weighted by Gasteiger charge is 2.08. The molecular formula is C13H16N2O. The molecule has 0 fully saturated rings. The lowest BCUT2D eigenvalue weighted by Crippen LogP contribution is -1.96. The number of methoxy groups -OCH3 is 1. The van der Waals surface area contributed by atoms with Crippen LogP contribution in [-0.4, -0.2) is 19.1 Å². The second kappa shape index (κ2) is 4.00. The van der Waals surface area contributed by atoms with Gasteiger partial charge in [0.05, 0.1) is 7.11 Å². The Kier molecular flexibility index (Phi) is 2.69. The van der Waals surface area contributed by atoms with Gasteiger partial charge in [-0.05, 0) is 43.2 Å². The van der Waals surface area contributed by atoms with Crippen LogP contribution in [-0.2, 0) is 0 Å². The molecule has 0 unspecified atom stereocenters. The molecule has 16 heavy (non-hydrogen) atoms. The molecule has 3 nitrogen and oxygen atoms in total. The van der Waals surface area contributed by atoms with Crippen molar-refractivity contribution in [2.45, 2.75) is 13.8 Å². The molecule has 0 spiro atoms. The van der Waals surface area contributed by atoms with Crippen molar-refractivity contribution in [2.75, 3.05) is 19.5 Å². The molecule has 0 aliphatic heterocycles. The van der Waals surface area contributed by atoms with Crippen molar-refractivity contribution in [1.29, 1.82) is 0 Å². The lowest BCUT2D eigenvalue weighted by atomic mass is 10.1. The van der Waals surface area contributed by atoms with Crippen LogP contribution in [0, 0.1) is 13.8 Å². The van der Waals surface area contributed by atoms with Crippen molar-refractivity contribution in [3.05, 3.63) is 29.3 Å². The van der Waals surface area contributed by atoms with Crippen molar-refractivity contribution in [1.82, 2.24) is 4.98 Å². The number of fused-ring (bicyclic) bond motifs is 1. The number of aryl methyl sites for hydroxylation is 2. The molecule has 0 saturated carbocycles. The van der Waals surface area contributed by atoms with Crippen LogP contribution in [0.3, 0.4) is 0 Å². The summed E-state index contributed by atoms with van der Waals surface area (Å²) in [6, 6.07) is 6.19. The van der Waals surface area contributed by atoms with Crippen molar-refractivity contribution in [3.63, 3.8) is 0 Å². The minimum atomic E-state index is 0.829. The third-order valence-electron chi connectivity index (χ3n) is 2.71. The summed E-state index contributed by atoms with van der Waals surface area (Å²) < 4.78 is 5.37. The number of rotatable bonds is 2. The lowest BCUT2D eigenvalue weighted by Gasteiger charge is -2.10. The second-order valence-corrected chi connectivity index (χ2v) is 3.94. The Bertz CT molecular complexity index is 535. The Balaban J connectivity index is 2.83. The highest BCUT2D eigenvalue weighted by atomic mass is 16.5. The van der Waals surface area contributed by atoms with Crippen molar-refractivity contribution < 1.29 is 4.74 Å². The fourth-order valence-electron chi connectivity index (χ4n) is 1.88. The van der Waals surface area contributed by atoms with Gasteiger partial charge in [-0.1, -0.05) is 0 Å². The maximum atomic E-state index is 5.37. The minimum Gasteiger partial charge on any atom is -0.494 e. The Morgan fingerprint density at radius 2 is 1.94 bits per heavy atom. The molecule has 0 aliphatic rings. The summed E-state index contributed by atoms with van der Waals surface area (Å²) in [6.45, 7) is 4.15. The number of hydrogen-bond donors (Lipinski definition) is 1. The number of hydrogen-bond acceptors (Lipinski definition) is 3. The SMILES string of the molecule is CNc1cc(C)c2cc(C)cc(OC)c2n1. The molecule has 0 radical (unpaired) electrons. The normalized spacial score (nSPS) is 10.5. The largest absolute Gasteiger partial charge is 0.494 e. The van der Waals surface area contributed by atoms with Crippen LogP contribution in [0.5, 0.6) is 5.75 Å². The average Bonchev–Trinajstić information content (AvgIpc) is 2.28. The molecule has 1 aromatic heterocycles. The maximum absolute atomic E-state index is 5.37. The van der Waals surface area contributed by atoms with Gasteiger partial charge in [0.2, 0.25) is 0 Å². The molecule has 1 N–H and O–H groups in total. The Morgan fingerprint density at radius 3 is 2.56 bits per heavy atom. The summed E-state index contributed by atoms with van der Waals surface area (Å²) in [5.41, 5.74) is 3.31. The van der Waals surface area contributed by atoms with Crippen molar-refractivity contribution in [3.8, 4) is 5.75 Å².